The Hall–Kier alpha value is -2.02. The Kier molecular flexibility index (Phi) is 18.6. The third kappa shape index (κ3) is 13.5. The van der Waals surface area contributed by atoms with Crippen molar-refractivity contribution >= 4 is 5.97 Å². The van der Waals surface area contributed by atoms with Gasteiger partial charge in [0.15, 0.2) is 0 Å². The third-order valence-corrected chi connectivity index (χ3v) is 7.61. The fourth-order valence-electron chi connectivity index (χ4n) is 5.18. The number of rotatable bonds is 4. The zero-order valence-corrected chi connectivity index (χ0v) is 25.2. The molecule has 0 radical (unpaired) electrons. The Morgan fingerprint density at radius 3 is 1.86 bits per heavy atom. The molecule has 1 aromatic carbocycles. The Morgan fingerprint density at radius 2 is 1.29 bits per heavy atom. The largest absolute Gasteiger partial charge is 0.459 e. The van der Waals surface area contributed by atoms with Crippen molar-refractivity contribution in [1.82, 2.24) is 27.5 Å². The first-order valence-electron chi connectivity index (χ1n) is 15.7. The van der Waals surface area contributed by atoms with Crippen molar-refractivity contribution in [2.45, 2.75) is 121 Å². The van der Waals surface area contributed by atoms with Crippen LogP contribution in [0.5, 0.6) is 0 Å². The zero-order chi connectivity index (χ0) is 30.4. The van der Waals surface area contributed by atoms with E-state index in [1.165, 1.54) is 82.1 Å². The number of hydrazine groups is 4. The third-order valence-electron chi connectivity index (χ3n) is 7.61. The van der Waals surface area contributed by atoms with E-state index in [1.807, 2.05) is 12.2 Å². The summed E-state index contributed by atoms with van der Waals surface area (Å²) in [6.45, 7) is 1.31. The lowest BCUT2D eigenvalue weighted by Gasteiger charge is -2.33. The first-order chi connectivity index (χ1) is 20.4. The summed E-state index contributed by atoms with van der Waals surface area (Å²) in [7, 11) is 0.892. The van der Waals surface area contributed by atoms with Gasteiger partial charge in [-0.05, 0) is 19.3 Å². The average molecular weight is 600 g/mol. The van der Waals surface area contributed by atoms with Gasteiger partial charge in [0.1, 0.15) is 6.10 Å². The number of nitrogens with one attached hydrogen (secondary N) is 5. The van der Waals surface area contributed by atoms with Crippen molar-refractivity contribution in [1.29, 1.82) is 0 Å². The van der Waals surface area contributed by atoms with Crippen molar-refractivity contribution in [3.05, 3.63) is 48.0 Å². The molecular weight excluding hydrogens is 547 g/mol. The van der Waals surface area contributed by atoms with Gasteiger partial charge in [-0.2, -0.15) is 29.8 Å². The number of carbonyl (C=O) groups excluding carboxylic acids is 1. The molecule has 1 aromatic rings. The first kappa shape index (κ1) is 36.2. The van der Waals surface area contributed by atoms with Gasteiger partial charge in [0.05, 0.1) is 0 Å². The molecule has 42 heavy (non-hydrogen) atoms. The summed E-state index contributed by atoms with van der Waals surface area (Å²) in [5.41, 5.74) is 11.0. The summed E-state index contributed by atoms with van der Waals surface area (Å²) in [6, 6.07) is 6.95. The molecule has 240 valence electrons. The van der Waals surface area contributed by atoms with Crippen LogP contribution >= 0.6 is 0 Å². The molecular formula is C31H52F3N5O3. The van der Waals surface area contributed by atoms with Crippen LogP contribution in [-0.2, 0) is 19.9 Å². The van der Waals surface area contributed by atoms with Gasteiger partial charge in [0, 0.05) is 32.2 Å². The number of methoxy groups -OCH3 is 1. The monoisotopic (exact) mass is 599 g/mol. The van der Waals surface area contributed by atoms with Gasteiger partial charge < -0.3 is 9.47 Å². The maximum Gasteiger partial charge on any atom is 0.432 e. The minimum atomic E-state index is -5.00. The molecule has 0 fully saturated rings. The summed E-state index contributed by atoms with van der Waals surface area (Å²) >= 11 is 0. The van der Waals surface area contributed by atoms with E-state index >= 15 is 0 Å². The first-order valence-corrected chi connectivity index (χ1v) is 15.7. The van der Waals surface area contributed by atoms with Crippen LogP contribution < -0.4 is 27.5 Å². The van der Waals surface area contributed by atoms with Crippen molar-refractivity contribution in [3.63, 3.8) is 0 Å². The highest BCUT2D eigenvalue weighted by atomic mass is 19.4. The highest BCUT2D eigenvalue weighted by Crippen LogP contribution is 2.43. The molecule has 2 atom stereocenters. The molecule has 1 aliphatic rings. The number of esters is 1. The molecule has 0 aromatic heterocycles. The van der Waals surface area contributed by atoms with E-state index in [0.717, 1.165) is 45.8 Å². The summed E-state index contributed by atoms with van der Waals surface area (Å²) in [5.74, 6) is -1.44. The van der Waals surface area contributed by atoms with Gasteiger partial charge >= 0.3 is 12.1 Å². The zero-order valence-electron chi connectivity index (χ0n) is 25.2. The van der Waals surface area contributed by atoms with Crippen molar-refractivity contribution in [2.75, 3.05) is 20.2 Å². The van der Waals surface area contributed by atoms with Gasteiger partial charge in [-0.15, -0.1) is 0 Å². The molecule has 0 amide bonds. The number of halogens is 3. The maximum atomic E-state index is 14.4. The van der Waals surface area contributed by atoms with Crippen molar-refractivity contribution in [2.24, 2.45) is 0 Å². The SMILES string of the molecule is CO[C@@](C(=O)OC1C/C=C\CNNNNNCCCCCCCCCCCCCCCC1)(c1ccccc1)C(F)(F)F. The Labute approximate surface area is 249 Å². The predicted molar refractivity (Wildman–Crippen MR) is 159 cm³/mol. The number of hydrogen-bond donors (Lipinski definition) is 5. The highest BCUT2D eigenvalue weighted by molar-refractivity contribution is 5.82. The second-order valence-electron chi connectivity index (χ2n) is 10.9. The van der Waals surface area contributed by atoms with E-state index < -0.39 is 23.9 Å². The maximum absolute atomic E-state index is 14.4. The Bertz CT molecular complexity index is 860. The normalized spacial score (nSPS) is 23.3. The molecule has 2 rings (SSSR count). The number of hydrogen-bond acceptors (Lipinski definition) is 8. The molecule has 5 N–H and O–H groups in total. The van der Waals surface area contributed by atoms with Crippen LogP contribution in [0.3, 0.4) is 0 Å². The number of ether oxygens (including phenoxy) is 2. The minimum absolute atomic E-state index is 0.299. The summed E-state index contributed by atoms with van der Waals surface area (Å²) in [4.78, 5) is 13.2. The van der Waals surface area contributed by atoms with Gasteiger partial charge in [0.25, 0.3) is 5.60 Å². The fourth-order valence-corrected chi connectivity index (χ4v) is 5.18. The van der Waals surface area contributed by atoms with Crippen LogP contribution in [-0.4, -0.2) is 38.4 Å². The van der Waals surface area contributed by atoms with Gasteiger partial charge in [-0.25, -0.2) is 15.6 Å². The second kappa shape index (κ2) is 21.6. The summed E-state index contributed by atoms with van der Waals surface area (Å²) in [6.07, 6.45) is 15.2. The quantitative estimate of drug-likeness (QED) is 0.200. The van der Waals surface area contributed by atoms with Crippen LogP contribution in [0.2, 0.25) is 0 Å². The number of alkyl halides is 3. The van der Waals surface area contributed by atoms with Gasteiger partial charge in [-0.1, -0.05) is 120 Å². The summed E-state index contributed by atoms with van der Waals surface area (Å²) in [5, 5.41) is 0. The number of benzene rings is 1. The lowest BCUT2D eigenvalue weighted by molar-refractivity contribution is -0.278. The predicted octanol–water partition coefficient (Wildman–Crippen LogP) is 6.42. The van der Waals surface area contributed by atoms with Gasteiger partial charge in [-0.3, -0.25) is 0 Å². The van der Waals surface area contributed by atoms with E-state index in [2.05, 4.69) is 27.5 Å². The van der Waals surface area contributed by atoms with E-state index in [0.29, 0.717) is 19.4 Å². The molecule has 1 unspecified atom stereocenters. The molecule has 0 saturated heterocycles. The van der Waals surface area contributed by atoms with E-state index in [1.54, 1.807) is 6.07 Å². The highest BCUT2D eigenvalue weighted by Gasteiger charge is 2.64. The van der Waals surface area contributed by atoms with Crippen LogP contribution in [0, 0.1) is 0 Å². The van der Waals surface area contributed by atoms with Gasteiger partial charge in [0.2, 0.25) is 0 Å². The minimum Gasteiger partial charge on any atom is -0.459 e. The molecule has 1 aliphatic heterocycles. The molecule has 0 bridgehead atoms. The lowest BCUT2D eigenvalue weighted by Crippen LogP contribution is -2.55. The van der Waals surface area contributed by atoms with Crippen molar-refractivity contribution < 1.29 is 27.4 Å². The Balaban J connectivity index is 1.98. The smallest absolute Gasteiger partial charge is 0.432 e. The van der Waals surface area contributed by atoms with Crippen LogP contribution in [0.4, 0.5) is 13.2 Å². The second-order valence-corrected chi connectivity index (χ2v) is 10.9. The molecule has 0 saturated carbocycles. The molecule has 1 heterocycles. The van der Waals surface area contributed by atoms with E-state index in [4.69, 9.17) is 9.47 Å². The Morgan fingerprint density at radius 1 is 0.738 bits per heavy atom. The molecule has 11 heteroatoms. The fraction of sp³-hybridized carbons (Fsp3) is 0.710. The van der Waals surface area contributed by atoms with Crippen molar-refractivity contribution in [3.8, 4) is 0 Å². The topological polar surface area (TPSA) is 95.7 Å². The van der Waals surface area contributed by atoms with E-state index in [9.17, 15) is 18.0 Å². The molecule has 8 nitrogen and oxygen atoms in total. The standard InChI is InChI=1S/C31H52F3N5O3/c1-41-30(31(32,33)34,27-21-15-14-16-22-27)29(40)42-28-23-17-12-10-8-6-4-2-3-5-7-9-11-13-19-25-35-37-39-38-36-26-20-18-24-28/h14-16,18,20-22,28,35-39H,2-13,17,19,23-26H2,1H3/b20-18-/t28?,30-/m1/s1. The molecule has 0 aliphatic carbocycles. The lowest BCUT2D eigenvalue weighted by atomic mass is 9.92. The molecule has 0 spiro atoms. The average Bonchev–Trinajstić information content (AvgIpc) is 2.97. The van der Waals surface area contributed by atoms with Crippen LogP contribution in [0.1, 0.15) is 108 Å². The number of carbonyl (C=O) groups is 1. The summed E-state index contributed by atoms with van der Waals surface area (Å²) < 4.78 is 53.6. The van der Waals surface area contributed by atoms with Crippen LogP contribution in [0.15, 0.2) is 42.5 Å². The van der Waals surface area contributed by atoms with Crippen LogP contribution in [0.25, 0.3) is 0 Å². The van der Waals surface area contributed by atoms with E-state index in [-0.39, 0.29) is 5.56 Å².